The highest BCUT2D eigenvalue weighted by Crippen LogP contribution is 2.37. The van der Waals surface area contributed by atoms with Crippen molar-refractivity contribution in [3.05, 3.63) is 29.8 Å². The summed E-state index contributed by atoms with van der Waals surface area (Å²) in [5.74, 6) is 0.555. The van der Waals surface area contributed by atoms with E-state index < -0.39 is 0 Å². The number of benzene rings is 1. The standard InChI is InChI=1S/C15H22OS/c1-11(2)12-7-3-5-9-14(12)17-15-10-6-4-8-13(15)16/h3,5,7,9,11,13,15-16H,4,6,8,10H2,1-2H3/t13-,15-/m1/s1. The summed E-state index contributed by atoms with van der Waals surface area (Å²) in [4.78, 5) is 1.36. The predicted octanol–water partition coefficient (Wildman–Crippen LogP) is 4.21. The van der Waals surface area contributed by atoms with Gasteiger partial charge in [0, 0.05) is 10.1 Å². The molecular formula is C15H22OS. The van der Waals surface area contributed by atoms with Crippen LogP contribution in [0, 0.1) is 0 Å². The fraction of sp³-hybridized carbons (Fsp3) is 0.600. The molecule has 1 aromatic rings. The third-order valence-electron chi connectivity index (χ3n) is 3.49. The van der Waals surface area contributed by atoms with Gasteiger partial charge in [-0.15, -0.1) is 11.8 Å². The lowest BCUT2D eigenvalue weighted by molar-refractivity contribution is 0.137. The average molecular weight is 250 g/mol. The molecule has 1 aliphatic carbocycles. The van der Waals surface area contributed by atoms with E-state index in [9.17, 15) is 5.11 Å². The molecular weight excluding hydrogens is 228 g/mol. The Labute approximate surface area is 109 Å². The van der Waals surface area contributed by atoms with Crippen molar-refractivity contribution in [2.45, 2.75) is 61.7 Å². The average Bonchev–Trinajstić information content (AvgIpc) is 2.32. The van der Waals surface area contributed by atoms with Crippen LogP contribution in [0.15, 0.2) is 29.2 Å². The van der Waals surface area contributed by atoms with Gasteiger partial charge in [-0.1, -0.05) is 44.9 Å². The van der Waals surface area contributed by atoms with Gasteiger partial charge in [0.1, 0.15) is 0 Å². The van der Waals surface area contributed by atoms with Crippen molar-refractivity contribution in [3.63, 3.8) is 0 Å². The summed E-state index contributed by atoms with van der Waals surface area (Å²) >= 11 is 1.88. The Hall–Kier alpha value is -0.470. The van der Waals surface area contributed by atoms with Gasteiger partial charge in [-0.3, -0.25) is 0 Å². The third kappa shape index (κ3) is 3.26. The van der Waals surface area contributed by atoms with Crippen molar-refractivity contribution >= 4 is 11.8 Å². The maximum Gasteiger partial charge on any atom is 0.0662 e. The topological polar surface area (TPSA) is 20.2 Å². The molecule has 0 saturated heterocycles. The molecule has 17 heavy (non-hydrogen) atoms. The largest absolute Gasteiger partial charge is 0.392 e. The summed E-state index contributed by atoms with van der Waals surface area (Å²) in [6.07, 6.45) is 4.46. The number of hydrogen-bond donors (Lipinski definition) is 1. The summed E-state index contributed by atoms with van der Waals surface area (Å²) in [6, 6.07) is 8.61. The zero-order valence-corrected chi connectivity index (χ0v) is 11.5. The molecule has 0 unspecified atom stereocenters. The Bertz CT molecular complexity index is 362. The normalized spacial score (nSPS) is 25.2. The number of aliphatic hydroxyl groups excluding tert-OH is 1. The van der Waals surface area contributed by atoms with Gasteiger partial charge in [-0.05, 0) is 30.4 Å². The Morgan fingerprint density at radius 2 is 1.88 bits per heavy atom. The van der Waals surface area contributed by atoms with Crippen molar-refractivity contribution in [2.24, 2.45) is 0 Å². The molecule has 94 valence electrons. The smallest absolute Gasteiger partial charge is 0.0662 e. The monoisotopic (exact) mass is 250 g/mol. The SMILES string of the molecule is CC(C)c1ccccc1S[C@@H]1CCCC[C@H]1O. The first-order valence-electron chi connectivity index (χ1n) is 6.62. The molecule has 2 atom stereocenters. The second-order valence-corrected chi connectivity index (χ2v) is 6.48. The van der Waals surface area contributed by atoms with Crippen LogP contribution in [0.25, 0.3) is 0 Å². The minimum absolute atomic E-state index is 0.117. The van der Waals surface area contributed by atoms with Crippen molar-refractivity contribution in [1.29, 1.82) is 0 Å². The second kappa shape index (κ2) is 5.92. The summed E-state index contributed by atoms with van der Waals surface area (Å²) in [7, 11) is 0. The molecule has 0 spiro atoms. The number of rotatable bonds is 3. The molecule has 2 rings (SSSR count). The lowest BCUT2D eigenvalue weighted by atomic mass is 9.97. The molecule has 0 amide bonds. The minimum atomic E-state index is -0.117. The van der Waals surface area contributed by atoms with Crippen LogP contribution in [0.5, 0.6) is 0 Å². The number of hydrogen-bond acceptors (Lipinski definition) is 2. The molecule has 1 saturated carbocycles. The van der Waals surface area contributed by atoms with E-state index in [2.05, 4.69) is 38.1 Å². The quantitative estimate of drug-likeness (QED) is 0.867. The van der Waals surface area contributed by atoms with E-state index in [4.69, 9.17) is 0 Å². The molecule has 1 fully saturated rings. The van der Waals surface area contributed by atoms with Crippen LogP contribution < -0.4 is 0 Å². The fourth-order valence-corrected chi connectivity index (χ4v) is 3.94. The number of aliphatic hydroxyl groups is 1. The first-order valence-corrected chi connectivity index (χ1v) is 7.50. The van der Waals surface area contributed by atoms with Crippen LogP contribution in [0.4, 0.5) is 0 Å². The van der Waals surface area contributed by atoms with Crippen molar-refractivity contribution in [2.75, 3.05) is 0 Å². The van der Waals surface area contributed by atoms with E-state index in [1.54, 1.807) is 0 Å². The predicted molar refractivity (Wildman–Crippen MR) is 74.7 cm³/mol. The maximum absolute atomic E-state index is 10.0. The Morgan fingerprint density at radius 3 is 2.59 bits per heavy atom. The van der Waals surface area contributed by atoms with Crippen molar-refractivity contribution in [1.82, 2.24) is 0 Å². The Kier molecular flexibility index (Phi) is 4.52. The van der Waals surface area contributed by atoms with Gasteiger partial charge in [-0.25, -0.2) is 0 Å². The summed E-state index contributed by atoms with van der Waals surface area (Å²) < 4.78 is 0. The van der Waals surface area contributed by atoms with Crippen LogP contribution in [0.2, 0.25) is 0 Å². The molecule has 0 aliphatic heterocycles. The van der Waals surface area contributed by atoms with Crippen molar-refractivity contribution < 1.29 is 5.11 Å². The second-order valence-electron chi connectivity index (χ2n) is 5.20. The summed E-state index contributed by atoms with van der Waals surface area (Å²) in [5.41, 5.74) is 1.41. The summed E-state index contributed by atoms with van der Waals surface area (Å²) in [6.45, 7) is 4.47. The Balaban J connectivity index is 2.12. The van der Waals surface area contributed by atoms with Gasteiger partial charge in [0.15, 0.2) is 0 Å². The van der Waals surface area contributed by atoms with E-state index >= 15 is 0 Å². The molecule has 1 aliphatic rings. The molecule has 1 N–H and O–H groups in total. The molecule has 0 bridgehead atoms. The van der Waals surface area contributed by atoms with Gasteiger partial charge < -0.3 is 5.11 Å². The van der Waals surface area contributed by atoms with Crippen LogP contribution in [-0.4, -0.2) is 16.5 Å². The van der Waals surface area contributed by atoms with Gasteiger partial charge in [0.2, 0.25) is 0 Å². The minimum Gasteiger partial charge on any atom is -0.392 e. The van der Waals surface area contributed by atoms with Crippen molar-refractivity contribution in [3.8, 4) is 0 Å². The molecule has 0 radical (unpaired) electrons. The van der Waals surface area contributed by atoms with E-state index in [1.807, 2.05) is 11.8 Å². The third-order valence-corrected chi connectivity index (χ3v) is 4.97. The van der Waals surface area contributed by atoms with Crippen LogP contribution >= 0.6 is 11.8 Å². The lowest BCUT2D eigenvalue weighted by Gasteiger charge is -2.28. The summed E-state index contributed by atoms with van der Waals surface area (Å²) in [5, 5.41) is 10.4. The highest BCUT2D eigenvalue weighted by molar-refractivity contribution is 8.00. The van der Waals surface area contributed by atoms with E-state index in [-0.39, 0.29) is 6.10 Å². The molecule has 0 aromatic heterocycles. The first-order chi connectivity index (χ1) is 8.18. The van der Waals surface area contributed by atoms with Gasteiger partial charge >= 0.3 is 0 Å². The molecule has 1 nitrogen and oxygen atoms in total. The van der Waals surface area contributed by atoms with Crippen LogP contribution in [0.1, 0.15) is 51.0 Å². The van der Waals surface area contributed by atoms with E-state index in [0.29, 0.717) is 11.2 Å². The van der Waals surface area contributed by atoms with Gasteiger partial charge in [-0.2, -0.15) is 0 Å². The highest BCUT2D eigenvalue weighted by atomic mass is 32.2. The van der Waals surface area contributed by atoms with E-state index in [0.717, 1.165) is 12.8 Å². The fourth-order valence-electron chi connectivity index (χ4n) is 2.44. The number of thioether (sulfide) groups is 1. The Morgan fingerprint density at radius 1 is 1.18 bits per heavy atom. The molecule has 0 heterocycles. The van der Waals surface area contributed by atoms with Crippen LogP contribution in [0.3, 0.4) is 0 Å². The maximum atomic E-state index is 10.0. The van der Waals surface area contributed by atoms with Crippen LogP contribution in [-0.2, 0) is 0 Å². The van der Waals surface area contributed by atoms with Gasteiger partial charge in [0.05, 0.1) is 6.10 Å². The van der Waals surface area contributed by atoms with Gasteiger partial charge in [0.25, 0.3) is 0 Å². The first kappa shape index (κ1) is 13.0. The zero-order chi connectivity index (χ0) is 12.3. The lowest BCUT2D eigenvalue weighted by Crippen LogP contribution is -2.26. The van der Waals surface area contributed by atoms with E-state index in [1.165, 1.54) is 23.3 Å². The zero-order valence-electron chi connectivity index (χ0n) is 10.7. The highest BCUT2D eigenvalue weighted by Gasteiger charge is 2.24. The molecule has 1 aromatic carbocycles. The molecule has 2 heteroatoms.